The fourth-order valence-electron chi connectivity index (χ4n) is 8.93. The molecule has 1 atom stereocenters. The molecule has 6 nitrogen and oxygen atoms in total. The van der Waals surface area contributed by atoms with Crippen LogP contribution in [0.15, 0.2) is 72.9 Å². The van der Waals surface area contributed by atoms with Crippen molar-refractivity contribution in [2.45, 2.75) is 322 Å². The summed E-state index contributed by atoms with van der Waals surface area (Å²) < 4.78 is 16.9. The molecule has 0 fully saturated rings. The second kappa shape index (κ2) is 61.4. The van der Waals surface area contributed by atoms with Crippen molar-refractivity contribution in [3.8, 4) is 0 Å². The summed E-state index contributed by atoms with van der Waals surface area (Å²) in [5, 5.41) is 0. The Labute approximate surface area is 453 Å². The highest BCUT2D eigenvalue weighted by Gasteiger charge is 2.19. The average Bonchev–Trinajstić information content (AvgIpc) is 3.39. The van der Waals surface area contributed by atoms with E-state index >= 15 is 0 Å². The predicted molar refractivity (Wildman–Crippen MR) is 316 cm³/mol. The quantitative estimate of drug-likeness (QED) is 0.0261. The highest BCUT2D eigenvalue weighted by Crippen LogP contribution is 2.17. The van der Waals surface area contributed by atoms with Crippen LogP contribution in [0.1, 0.15) is 316 Å². The summed E-state index contributed by atoms with van der Waals surface area (Å²) >= 11 is 0. The normalized spacial score (nSPS) is 12.5. The minimum Gasteiger partial charge on any atom is -0.462 e. The van der Waals surface area contributed by atoms with E-state index in [9.17, 15) is 14.4 Å². The number of allylic oxidation sites excluding steroid dienone is 12. The molecule has 0 aliphatic heterocycles. The van der Waals surface area contributed by atoms with Crippen LogP contribution >= 0.6 is 0 Å². The van der Waals surface area contributed by atoms with E-state index in [1.807, 2.05) is 0 Å². The van der Waals surface area contributed by atoms with Crippen molar-refractivity contribution in [1.29, 1.82) is 0 Å². The van der Waals surface area contributed by atoms with Crippen LogP contribution in [0.3, 0.4) is 0 Å². The lowest BCUT2D eigenvalue weighted by atomic mass is 10.0. The largest absolute Gasteiger partial charge is 0.462 e. The Morgan fingerprint density at radius 3 is 0.808 bits per heavy atom. The Morgan fingerprint density at radius 1 is 0.274 bits per heavy atom. The molecular weight excluding hydrogens is 901 g/mol. The highest BCUT2D eigenvalue weighted by atomic mass is 16.6. The van der Waals surface area contributed by atoms with Gasteiger partial charge in [-0.3, -0.25) is 14.4 Å². The molecule has 422 valence electrons. The number of ether oxygens (including phenoxy) is 3. The van der Waals surface area contributed by atoms with E-state index in [2.05, 4.69) is 93.7 Å². The number of carbonyl (C=O) groups is 3. The Morgan fingerprint density at radius 2 is 0.493 bits per heavy atom. The average molecular weight is 1020 g/mol. The molecule has 0 spiro atoms. The third kappa shape index (κ3) is 59.6. The molecule has 0 bridgehead atoms. The first-order chi connectivity index (χ1) is 36.0. The molecule has 0 saturated carbocycles. The lowest BCUT2D eigenvalue weighted by Crippen LogP contribution is -2.30. The fraction of sp³-hybridized carbons (Fsp3) is 0.776. The van der Waals surface area contributed by atoms with Gasteiger partial charge in [-0.1, -0.05) is 273 Å². The van der Waals surface area contributed by atoms with Crippen LogP contribution in [0, 0.1) is 0 Å². The van der Waals surface area contributed by atoms with Crippen molar-refractivity contribution in [2.75, 3.05) is 13.2 Å². The van der Waals surface area contributed by atoms with Crippen LogP contribution in [0.5, 0.6) is 0 Å². The minimum atomic E-state index is -0.792. The number of esters is 3. The number of rotatable bonds is 57. The standard InChI is InChI=1S/C67H118O6/c1-4-7-10-13-16-19-22-25-28-31-33-36-39-42-45-48-51-54-57-60-66(69)72-63-64(62-71-65(68)59-56-53-50-47-44-41-38-35-30-27-24-21-18-15-12-9-6-3)73-67(70)61-58-55-52-49-46-43-40-37-34-32-29-26-23-20-17-14-11-8-5-2/h16,18-19,21,25,27-28,30,33,36,42,45,64H,4-15,17,20,22-24,26,29,31-32,34-35,37-41,43-44,46-63H2,1-3H3/b19-16-,21-18-,28-25-,30-27-,36-33-,45-42-/t64-/m0/s1. The zero-order valence-electron chi connectivity index (χ0n) is 48.4. The van der Waals surface area contributed by atoms with Crippen LogP contribution in [-0.2, 0) is 28.6 Å². The molecule has 0 rings (SSSR count). The van der Waals surface area contributed by atoms with E-state index in [1.165, 1.54) is 180 Å². The van der Waals surface area contributed by atoms with Gasteiger partial charge >= 0.3 is 17.9 Å². The molecule has 0 aromatic rings. The first-order valence-electron chi connectivity index (χ1n) is 31.4. The van der Waals surface area contributed by atoms with Gasteiger partial charge in [0.05, 0.1) is 0 Å². The van der Waals surface area contributed by atoms with Crippen molar-refractivity contribution >= 4 is 17.9 Å². The summed E-state index contributed by atoms with van der Waals surface area (Å²) in [5.41, 5.74) is 0. The summed E-state index contributed by atoms with van der Waals surface area (Å²) in [7, 11) is 0. The van der Waals surface area contributed by atoms with E-state index in [-0.39, 0.29) is 31.1 Å². The third-order valence-electron chi connectivity index (χ3n) is 13.7. The molecule has 73 heavy (non-hydrogen) atoms. The smallest absolute Gasteiger partial charge is 0.306 e. The van der Waals surface area contributed by atoms with Gasteiger partial charge in [-0.15, -0.1) is 0 Å². The number of hydrogen-bond donors (Lipinski definition) is 0. The topological polar surface area (TPSA) is 78.9 Å². The maximum absolute atomic E-state index is 12.9. The second-order valence-electron chi connectivity index (χ2n) is 21.0. The van der Waals surface area contributed by atoms with Gasteiger partial charge in [0.25, 0.3) is 0 Å². The van der Waals surface area contributed by atoms with E-state index in [1.54, 1.807) is 0 Å². The Kier molecular flexibility index (Phi) is 58.7. The van der Waals surface area contributed by atoms with Gasteiger partial charge in [-0.05, 0) is 96.3 Å². The fourth-order valence-corrected chi connectivity index (χ4v) is 8.93. The molecule has 0 amide bonds. The SMILES string of the molecule is CCCCC/C=C\C/C=C\C/C=C\C/C=C\CCCCCC(=O)OC[C@H](COC(=O)CCCCCCCCC/C=C\C/C=C\CCCCC)OC(=O)CCCCCCCCCCCCCCCCCCCCC. The Hall–Kier alpha value is -3.15. The van der Waals surface area contributed by atoms with Crippen LogP contribution in [-0.4, -0.2) is 37.2 Å². The minimum absolute atomic E-state index is 0.0875. The predicted octanol–water partition coefficient (Wildman–Crippen LogP) is 21.3. The molecule has 6 heteroatoms. The lowest BCUT2D eigenvalue weighted by Gasteiger charge is -2.18. The van der Waals surface area contributed by atoms with Crippen LogP contribution in [0.2, 0.25) is 0 Å². The number of hydrogen-bond acceptors (Lipinski definition) is 6. The van der Waals surface area contributed by atoms with Crippen molar-refractivity contribution in [3.05, 3.63) is 72.9 Å². The van der Waals surface area contributed by atoms with Crippen LogP contribution in [0.4, 0.5) is 0 Å². The van der Waals surface area contributed by atoms with E-state index in [0.29, 0.717) is 19.3 Å². The maximum Gasteiger partial charge on any atom is 0.306 e. The van der Waals surface area contributed by atoms with Gasteiger partial charge < -0.3 is 14.2 Å². The molecule has 0 unspecified atom stereocenters. The van der Waals surface area contributed by atoms with E-state index in [4.69, 9.17) is 14.2 Å². The molecule has 0 heterocycles. The van der Waals surface area contributed by atoms with E-state index in [0.717, 1.165) is 96.3 Å². The van der Waals surface area contributed by atoms with Gasteiger partial charge in [-0.2, -0.15) is 0 Å². The van der Waals surface area contributed by atoms with Gasteiger partial charge in [0.2, 0.25) is 0 Å². The molecule has 0 N–H and O–H groups in total. The monoisotopic (exact) mass is 1020 g/mol. The summed E-state index contributed by atoms with van der Waals surface area (Å²) in [6.07, 6.45) is 78.9. The van der Waals surface area contributed by atoms with Gasteiger partial charge in [-0.25, -0.2) is 0 Å². The van der Waals surface area contributed by atoms with Crippen molar-refractivity contribution in [1.82, 2.24) is 0 Å². The Bertz CT molecular complexity index is 1360. The van der Waals surface area contributed by atoms with Gasteiger partial charge in [0, 0.05) is 19.3 Å². The molecule has 0 saturated heterocycles. The first-order valence-corrected chi connectivity index (χ1v) is 31.4. The highest BCUT2D eigenvalue weighted by molar-refractivity contribution is 5.71. The number of unbranched alkanes of at least 4 members (excludes halogenated alkanes) is 34. The van der Waals surface area contributed by atoms with Gasteiger partial charge in [0.1, 0.15) is 13.2 Å². The molecule has 0 radical (unpaired) electrons. The number of carbonyl (C=O) groups excluding carboxylic acids is 3. The first kappa shape index (κ1) is 69.8. The summed E-state index contributed by atoms with van der Waals surface area (Å²) in [5.74, 6) is -0.911. The van der Waals surface area contributed by atoms with Crippen LogP contribution in [0.25, 0.3) is 0 Å². The molecule has 0 aromatic heterocycles. The maximum atomic E-state index is 12.9. The molecule has 0 aromatic carbocycles. The summed E-state index contributed by atoms with van der Waals surface area (Å²) in [6, 6.07) is 0. The zero-order chi connectivity index (χ0) is 52.9. The Balaban J connectivity index is 4.43. The second-order valence-corrected chi connectivity index (χ2v) is 21.0. The van der Waals surface area contributed by atoms with E-state index < -0.39 is 6.10 Å². The van der Waals surface area contributed by atoms with Crippen molar-refractivity contribution in [2.24, 2.45) is 0 Å². The van der Waals surface area contributed by atoms with Crippen molar-refractivity contribution in [3.63, 3.8) is 0 Å². The lowest BCUT2D eigenvalue weighted by molar-refractivity contribution is -0.167. The molecule has 0 aliphatic rings. The van der Waals surface area contributed by atoms with Crippen LogP contribution < -0.4 is 0 Å². The molecular formula is C67H118O6. The summed E-state index contributed by atoms with van der Waals surface area (Å²) in [4.78, 5) is 38.3. The molecule has 0 aliphatic carbocycles. The van der Waals surface area contributed by atoms with Crippen molar-refractivity contribution < 1.29 is 28.6 Å². The third-order valence-corrected chi connectivity index (χ3v) is 13.7. The van der Waals surface area contributed by atoms with Gasteiger partial charge in [0.15, 0.2) is 6.10 Å². The zero-order valence-corrected chi connectivity index (χ0v) is 48.4. The summed E-state index contributed by atoms with van der Waals surface area (Å²) in [6.45, 7) is 6.59.